The van der Waals surface area contributed by atoms with Crippen molar-refractivity contribution in [2.45, 2.75) is 17.2 Å². The number of nitrogens with zero attached hydrogens (tertiary/aromatic N) is 1. The second-order valence-electron chi connectivity index (χ2n) is 7.27. The minimum Gasteiger partial charge on any atom is -0.497 e. The molecule has 6 nitrogen and oxygen atoms in total. The van der Waals surface area contributed by atoms with Crippen molar-refractivity contribution in [2.75, 3.05) is 12.4 Å². The zero-order valence-electron chi connectivity index (χ0n) is 17.3. The number of aromatic nitrogens is 1. The van der Waals surface area contributed by atoms with Crippen LogP contribution in [0.5, 0.6) is 5.75 Å². The van der Waals surface area contributed by atoms with Gasteiger partial charge in [-0.1, -0.05) is 36.4 Å². The minimum absolute atomic E-state index is 0.0635. The summed E-state index contributed by atoms with van der Waals surface area (Å²) in [7, 11) is -2.29. The second kappa shape index (κ2) is 8.84. The van der Waals surface area contributed by atoms with E-state index in [9.17, 15) is 17.6 Å². The number of nitrogens with one attached hydrogen (secondary N) is 1. The maximum atomic E-state index is 14.1. The third-order valence-corrected chi connectivity index (χ3v) is 6.76. The van der Waals surface area contributed by atoms with E-state index in [1.807, 2.05) is 0 Å². The van der Waals surface area contributed by atoms with Crippen molar-refractivity contribution in [3.8, 4) is 5.75 Å². The van der Waals surface area contributed by atoms with Crippen LogP contribution < -0.4 is 10.1 Å². The highest BCUT2D eigenvalue weighted by atomic mass is 32.2. The molecule has 0 radical (unpaired) electrons. The van der Waals surface area contributed by atoms with E-state index in [1.165, 1.54) is 24.4 Å². The highest BCUT2D eigenvalue weighted by Crippen LogP contribution is 2.28. The van der Waals surface area contributed by atoms with Gasteiger partial charge in [0, 0.05) is 28.4 Å². The summed E-state index contributed by atoms with van der Waals surface area (Å²) in [4.78, 5) is 12.7. The van der Waals surface area contributed by atoms with Crippen molar-refractivity contribution in [1.29, 1.82) is 0 Å². The summed E-state index contributed by atoms with van der Waals surface area (Å²) in [5.74, 6) is -0.678. The number of anilines is 1. The number of methoxy groups -OCH3 is 1. The molecule has 1 amide bonds. The Bertz CT molecular complexity index is 1380. The molecule has 0 atom stereocenters. The van der Waals surface area contributed by atoms with Gasteiger partial charge in [0.2, 0.25) is 5.91 Å². The molecule has 0 unspecified atom stereocenters. The van der Waals surface area contributed by atoms with Crippen LogP contribution in [0.2, 0.25) is 0 Å². The van der Waals surface area contributed by atoms with Crippen LogP contribution in [0.4, 0.5) is 10.1 Å². The van der Waals surface area contributed by atoms with E-state index < -0.39 is 21.4 Å². The molecule has 32 heavy (non-hydrogen) atoms. The first kappa shape index (κ1) is 21.6. The topological polar surface area (TPSA) is 77.4 Å². The first-order chi connectivity index (χ1) is 15.4. The number of sulfone groups is 1. The van der Waals surface area contributed by atoms with Crippen molar-refractivity contribution in [3.05, 3.63) is 90.4 Å². The van der Waals surface area contributed by atoms with Gasteiger partial charge in [-0.05, 0) is 36.4 Å². The zero-order valence-corrected chi connectivity index (χ0v) is 18.1. The molecule has 0 aliphatic rings. The number of hydrogen-bond acceptors (Lipinski definition) is 4. The van der Waals surface area contributed by atoms with Crippen LogP contribution in [0.25, 0.3) is 10.9 Å². The highest BCUT2D eigenvalue weighted by molar-refractivity contribution is 7.90. The van der Waals surface area contributed by atoms with Gasteiger partial charge in [-0.2, -0.15) is 0 Å². The molecule has 0 bridgehead atoms. The fraction of sp³-hybridized carbons (Fsp3) is 0.125. The Hall–Kier alpha value is -3.65. The van der Waals surface area contributed by atoms with Gasteiger partial charge in [0.1, 0.15) is 18.1 Å². The van der Waals surface area contributed by atoms with Gasteiger partial charge in [-0.3, -0.25) is 4.79 Å². The smallest absolute Gasteiger partial charge is 0.244 e. The number of hydrogen-bond donors (Lipinski definition) is 1. The third-order valence-electron chi connectivity index (χ3n) is 5.08. The summed E-state index contributed by atoms with van der Waals surface area (Å²) in [6.07, 6.45) is 1.44. The van der Waals surface area contributed by atoms with Crippen LogP contribution in [0.3, 0.4) is 0 Å². The molecule has 1 heterocycles. The summed E-state index contributed by atoms with van der Waals surface area (Å²) in [6, 6.07) is 19.6. The van der Waals surface area contributed by atoms with E-state index in [-0.39, 0.29) is 22.9 Å². The van der Waals surface area contributed by atoms with Crippen molar-refractivity contribution in [3.63, 3.8) is 0 Å². The Labute approximate surface area is 185 Å². The molecule has 0 aliphatic heterocycles. The Kier molecular flexibility index (Phi) is 5.96. The summed E-state index contributed by atoms with van der Waals surface area (Å²) in [5, 5.41) is 3.27. The predicted molar refractivity (Wildman–Crippen MR) is 121 cm³/mol. The number of rotatable bonds is 7. The van der Waals surface area contributed by atoms with Gasteiger partial charge < -0.3 is 14.6 Å². The van der Waals surface area contributed by atoms with Crippen molar-refractivity contribution in [1.82, 2.24) is 4.57 Å². The van der Waals surface area contributed by atoms with Gasteiger partial charge in [0.15, 0.2) is 9.84 Å². The van der Waals surface area contributed by atoms with Crippen molar-refractivity contribution < 1.29 is 22.3 Å². The molecule has 1 N–H and O–H groups in total. The van der Waals surface area contributed by atoms with Crippen LogP contribution in [-0.2, 0) is 26.9 Å². The van der Waals surface area contributed by atoms with Gasteiger partial charge in [0.25, 0.3) is 0 Å². The molecule has 0 saturated heterocycles. The van der Waals surface area contributed by atoms with E-state index in [2.05, 4.69) is 5.32 Å². The number of amides is 1. The Morgan fingerprint density at radius 3 is 2.41 bits per heavy atom. The molecule has 0 saturated carbocycles. The molecule has 8 heteroatoms. The summed E-state index contributed by atoms with van der Waals surface area (Å²) < 4.78 is 47.0. The molecule has 4 rings (SSSR count). The van der Waals surface area contributed by atoms with Crippen LogP contribution in [0.15, 0.2) is 83.9 Å². The summed E-state index contributed by atoms with van der Waals surface area (Å²) >= 11 is 0. The van der Waals surface area contributed by atoms with Crippen LogP contribution in [0.1, 0.15) is 5.56 Å². The van der Waals surface area contributed by atoms with Gasteiger partial charge in [-0.25, -0.2) is 12.8 Å². The SMILES string of the molecule is COc1ccc(NC(=O)Cn2cc(S(=O)(=O)Cc3ccccc3F)c3ccccc32)cc1. The zero-order chi connectivity index (χ0) is 22.7. The highest BCUT2D eigenvalue weighted by Gasteiger charge is 2.23. The van der Waals surface area contributed by atoms with E-state index in [1.54, 1.807) is 66.3 Å². The maximum Gasteiger partial charge on any atom is 0.244 e. The summed E-state index contributed by atoms with van der Waals surface area (Å²) in [6.45, 7) is -0.0816. The van der Waals surface area contributed by atoms with Gasteiger partial charge >= 0.3 is 0 Å². The lowest BCUT2D eigenvalue weighted by Crippen LogP contribution is -2.18. The van der Waals surface area contributed by atoms with E-state index in [0.717, 1.165) is 0 Å². The Morgan fingerprint density at radius 2 is 1.69 bits per heavy atom. The monoisotopic (exact) mass is 452 g/mol. The summed E-state index contributed by atoms with van der Waals surface area (Å²) in [5.41, 5.74) is 1.30. The molecule has 3 aromatic carbocycles. The predicted octanol–water partition coefficient (Wildman–Crippen LogP) is 4.40. The molecule has 164 valence electrons. The normalized spacial score (nSPS) is 11.4. The molecule has 0 fully saturated rings. The quantitative estimate of drug-likeness (QED) is 0.451. The van der Waals surface area contributed by atoms with Gasteiger partial charge in [-0.15, -0.1) is 0 Å². The van der Waals surface area contributed by atoms with E-state index >= 15 is 0 Å². The maximum absolute atomic E-state index is 14.1. The molecule has 1 aromatic heterocycles. The lowest BCUT2D eigenvalue weighted by Gasteiger charge is -2.08. The number of ether oxygens (including phenoxy) is 1. The number of para-hydroxylation sites is 1. The average molecular weight is 453 g/mol. The molecular formula is C24H21FN2O4S. The van der Waals surface area contributed by atoms with Crippen LogP contribution >= 0.6 is 0 Å². The lowest BCUT2D eigenvalue weighted by molar-refractivity contribution is -0.116. The number of benzene rings is 3. The standard InChI is InChI=1S/C24H21FN2O4S/c1-31-19-12-10-18(11-13-19)26-24(28)15-27-14-23(20-7-3-5-9-22(20)27)32(29,30)16-17-6-2-4-8-21(17)25/h2-14H,15-16H2,1H3,(H,26,28). The third kappa shape index (κ3) is 4.50. The largest absolute Gasteiger partial charge is 0.497 e. The molecular weight excluding hydrogens is 431 g/mol. The Morgan fingerprint density at radius 1 is 1.00 bits per heavy atom. The molecule has 0 aliphatic carbocycles. The lowest BCUT2D eigenvalue weighted by atomic mass is 10.2. The molecule has 0 spiro atoms. The van der Waals surface area contributed by atoms with Crippen LogP contribution in [0, 0.1) is 5.82 Å². The van der Waals surface area contributed by atoms with Crippen molar-refractivity contribution in [2.24, 2.45) is 0 Å². The van der Waals surface area contributed by atoms with Gasteiger partial charge in [0.05, 0.1) is 17.8 Å². The fourth-order valence-corrected chi connectivity index (χ4v) is 5.11. The van der Waals surface area contributed by atoms with Crippen LogP contribution in [-0.4, -0.2) is 26.0 Å². The number of halogens is 1. The second-order valence-corrected chi connectivity index (χ2v) is 9.22. The van der Waals surface area contributed by atoms with Crippen molar-refractivity contribution >= 4 is 32.3 Å². The first-order valence-corrected chi connectivity index (χ1v) is 11.5. The van der Waals surface area contributed by atoms with E-state index in [0.29, 0.717) is 22.3 Å². The minimum atomic E-state index is -3.85. The number of carbonyl (C=O) groups is 1. The average Bonchev–Trinajstić information content (AvgIpc) is 3.15. The Balaban J connectivity index is 1.62. The number of carbonyl (C=O) groups excluding carboxylic acids is 1. The number of fused-ring (bicyclic) bond motifs is 1. The van der Waals surface area contributed by atoms with E-state index in [4.69, 9.17) is 4.74 Å². The molecule has 4 aromatic rings. The first-order valence-electron chi connectivity index (χ1n) is 9.85. The fourth-order valence-electron chi connectivity index (χ4n) is 3.52.